The zero-order valence-electron chi connectivity index (χ0n) is 13.4. The van der Waals surface area contributed by atoms with E-state index in [1.807, 2.05) is 6.92 Å². The average molecular weight is 312 g/mol. The molecule has 0 rings (SSSR count). The molecule has 0 saturated heterocycles. The van der Waals surface area contributed by atoms with Crippen molar-refractivity contribution in [2.75, 3.05) is 13.2 Å². The summed E-state index contributed by atoms with van der Waals surface area (Å²) >= 11 is 0. The Labute approximate surface area is 131 Å². The Kier molecular flexibility index (Phi) is 8.82. The van der Waals surface area contributed by atoms with Crippen LogP contribution in [0.25, 0.3) is 0 Å². The van der Waals surface area contributed by atoms with Crippen molar-refractivity contribution in [2.45, 2.75) is 39.7 Å². The quantitative estimate of drug-likeness (QED) is 0.349. The summed E-state index contributed by atoms with van der Waals surface area (Å²) in [5.41, 5.74) is -0.762. The fourth-order valence-corrected chi connectivity index (χ4v) is 1.20. The van der Waals surface area contributed by atoms with Gasteiger partial charge in [-0.05, 0) is 20.3 Å². The maximum absolute atomic E-state index is 12.1. The summed E-state index contributed by atoms with van der Waals surface area (Å²) < 4.78 is 14.8. The van der Waals surface area contributed by atoms with E-state index in [9.17, 15) is 14.4 Å². The SMILES string of the molecule is C=CCOC(=O)CC(OC(=O)C(C)(C)CC)C(=O)OCC=C. The molecule has 0 saturated carbocycles. The molecule has 0 bridgehead atoms. The van der Waals surface area contributed by atoms with Crippen LogP contribution in [0.5, 0.6) is 0 Å². The first kappa shape index (κ1) is 19.9. The first-order valence-electron chi connectivity index (χ1n) is 7.03. The fraction of sp³-hybridized carbons (Fsp3) is 0.562. The Balaban J connectivity index is 4.88. The smallest absolute Gasteiger partial charge is 0.348 e. The molecule has 0 amide bonds. The number of ether oxygens (including phenoxy) is 3. The van der Waals surface area contributed by atoms with E-state index in [0.717, 1.165) is 0 Å². The third-order valence-electron chi connectivity index (χ3n) is 3.01. The van der Waals surface area contributed by atoms with E-state index in [1.165, 1.54) is 12.2 Å². The molecule has 0 aromatic heterocycles. The van der Waals surface area contributed by atoms with E-state index < -0.39 is 35.8 Å². The Morgan fingerprint density at radius 1 is 1.09 bits per heavy atom. The minimum Gasteiger partial charge on any atom is -0.461 e. The van der Waals surface area contributed by atoms with Crippen molar-refractivity contribution in [3.8, 4) is 0 Å². The molecule has 0 aliphatic heterocycles. The normalized spacial score (nSPS) is 12.0. The molecular weight excluding hydrogens is 288 g/mol. The van der Waals surface area contributed by atoms with E-state index in [2.05, 4.69) is 13.2 Å². The highest BCUT2D eigenvalue weighted by Crippen LogP contribution is 2.23. The highest BCUT2D eigenvalue weighted by Gasteiger charge is 2.34. The molecular formula is C16H24O6. The van der Waals surface area contributed by atoms with Gasteiger partial charge in [0.2, 0.25) is 6.10 Å². The fourth-order valence-electron chi connectivity index (χ4n) is 1.20. The lowest BCUT2D eigenvalue weighted by molar-refractivity contribution is -0.176. The molecule has 0 fully saturated rings. The van der Waals surface area contributed by atoms with Gasteiger partial charge in [-0.15, -0.1) is 0 Å². The van der Waals surface area contributed by atoms with E-state index in [1.54, 1.807) is 13.8 Å². The molecule has 0 aromatic carbocycles. The summed E-state index contributed by atoms with van der Waals surface area (Å²) in [6.45, 7) is 12.0. The largest absolute Gasteiger partial charge is 0.461 e. The van der Waals surface area contributed by atoms with Crippen molar-refractivity contribution in [1.82, 2.24) is 0 Å². The Hall–Kier alpha value is -2.11. The number of rotatable bonds is 10. The molecule has 22 heavy (non-hydrogen) atoms. The third kappa shape index (κ3) is 7.06. The van der Waals surface area contributed by atoms with Crippen molar-refractivity contribution >= 4 is 17.9 Å². The lowest BCUT2D eigenvalue weighted by Gasteiger charge is -2.24. The number of carbonyl (C=O) groups excluding carboxylic acids is 3. The highest BCUT2D eigenvalue weighted by molar-refractivity contribution is 5.85. The van der Waals surface area contributed by atoms with Gasteiger partial charge < -0.3 is 14.2 Å². The zero-order valence-corrected chi connectivity index (χ0v) is 13.4. The molecule has 0 spiro atoms. The lowest BCUT2D eigenvalue weighted by atomic mass is 9.90. The molecule has 124 valence electrons. The van der Waals surface area contributed by atoms with Crippen molar-refractivity contribution in [3.63, 3.8) is 0 Å². The van der Waals surface area contributed by atoms with Crippen LogP contribution in [0.2, 0.25) is 0 Å². The summed E-state index contributed by atoms with van der Waals surface area (Å²) in [5, 5.41) is 0. The van der Waals surface area contributed by atoms with E-state index in [0.29, 0.717) is 6.42 Å². The number of esters is 3. The topological polar surface area (TPSA) is 78.9 Å². The maximum Gasteiger partial charge on any atom is 0.348 e. The monoisotopic (exact) mass is 312 g/mol. The van der Waals surface area contributed by atoms with Gasteiger partial charge in [0.05, 0.1) is 11.8 Å². The van der Waals surface area contributed by atoms with Crippen molar-refractivity contribution in [1.29, 1.82) is 0 Å². The van der Waals surface area contributed by atoms with Gasteiger partial charge in [-0.2, -0.15) is 0 Å². The maximum atomic E-state index is 12.1. The first-order chi connectivity index (χ1) is 10.3. The summed E-state index contributed by atoms with van der Waals surface area (Å²) in [6, 6.07) is 0. The molecule has 0 N–H and O–H groups in total. The minimum absolute atomic E-state index is 0.0155. The molecule has 1 atom stereocenters. The van der Waals surface area contributed by atoms with Crippen LogP contribution in [0.1, 0.15) is 33.6 Å². The van der Waals surface area contributed by atoms with E-state index in [4.69, 9.17) is 14.2 Å². The molecule has 6 nitrogen and oxygen atoms in total. The molecule has 0 aliphatic rings. The van der Waals surface area contributed by atoms with Crippen LogP contribution in [0, 0.1) is 5.41 Å². The minimum atomic E-state index is -1.34. The van der Waals surface area contributed by atoms with Crippen LogP contribution < -0.4 is 0 Å². The highest BCUT2D eigenvalue weighted by atomic mass is 16.6. The van der Waals surface area contributed by atoms with Gasteiger partial charge >= 0.3 is 17.9 Å². The first-order valence-corrected chi connectivity index (χ1v) is 7.03. The van der Waals surface area contributed by atoms with Crippen molar-refractivity contribution < 1.29 is 28.6 Å². The van der Waals surface area contributed by atoms with Crippen LogP contribution in [0.3, 0.4) is 0 Å². The van der Waals surface area contributed by atoms with Crippen LogP contribution in [-0.2, 0) is 28.6 Å². The third-order valence-corrected chi connectivity index (χ3v) is 3.01. The Morgan fingerprint density at radius 3 is 2.14 bits per heavy atom. The molecule has 1 unspecified atom stereocenters. The van der Waals surface area contributed by atoms with Gasteiger partial charge in [0.15, 0.2) is 0 Å². The number of hydrogen-bond donors (Lipinski definition) is 0. The van der Waals surface area contributed by atoms with Crippen LogP contribution >= 0.6 is 0 Å². The second kappa shape index (κ2) is 9.76. The van der Waals surface area contributed by atoms with E-state index in [-0.39, 0.29) is 13.2 Å². The predicted octanol–water partition coefficient (Wildman–Crippen LogP) is 2.18. The van der Waals surface area contributed by atoms with Gasteiger partial charge in [-0.3, -0.25) is 9.59 Å². The zero-order chi connectivity index (χ0) is 17.2. The molecule has 0 aliphatic carbocycles. The average Bonchev–Trinajstić information content (AvgIpc) is 2.49. The number of hydrogen-bond acceptors (Lipinski definition) is 6. The van der Waals surface area contributed by atoms with Gasteiger partial charge in [0.1, 0.15) is 13.2 Å². The van der Waals surface area contributed by atoms with Gasteiger partial charge in [-0.25, -0.2) is 4.79 Å². The molecule has 6 heteroatoms. The van der Waals surface area contributed by atoms with Crippen LogP contribution in [0.15, 0.2) is 25.3 Å². The molecule has 0 aromatic rings. The standard InChI is InChI=1S/C16H24O6/c1-6-9-20-13(17)11-12(14(18)21-10-7-2)22-15(19)16(4,5)8-3/h6-7,12H,1-2,8-11H2,3-5H3. The van der Waals surface area contributed by atoms with Gasteiger partial charge in [-0.1, -0.05) is 32.2 Å². The lowest BCUT2D eigenvalue weighted by Crippen LogP contribution is -2.37. The van der Waals surface area contributed by atoms with E-state index >= 15 is 0 Å². The summed E-state index contributed by atoms with van der Waals surface area (Å²) in [6.07, 6.45) is 1.56. The Morgan fingerprint density at radius 2 is 1.64 bits per heavy atom. The molecule has 0 heterocycles. The van der Waals surface area contributed by atoms with Crippen LogP contribution in [-0.4, -0.2) is 37.2 Å². The predicted molar refractivity (Wildman–Crippen MR) is 80.9 cm³/mol. The summed E-state index contributed by atoms with van der Waals surface area (Å²) in [5.74, 6) is -2.06. The summed E-state index contributed by atoms with van der Waals surface area (Å²) in [4.78, 5) is 35.6. The second-order valence-corrected chi connectivity index (χ2v) is 5.23. The van der Waals surface area contributed by atoms with Crippen molar-refractivity contribution in [2.24, 2.45) is 5.41 Å². The van der Waals surface area contributed by atoms with Crippen LogP contribution in [0.4, 0.5) is 0 Å². The van der Waals surface area contributed by atoms with Gasteiger partial charge in [0, 0.05) is 0 Å². The number of carbonyl (C=O) groups is 3. The summed E-state index contributed by atoms with van der Waals surface area (Å²) in [7, 11) is 0. The Bertz CT molecular complexity index is 424. The van der Waals surface area contributed by atoms with Crippen molar-refractivity contribution in [3.05, 3.63) is 25.3 Å². The van der Waals surface area contributed by atoms with Gasteiger partial charge in [0.25, 0.3) is 0 Å². The second-order valence-electron chi connectivity index (χ2n) is 5.23. The molecule has 0 radical (unpaired) electrons.